The van der Waals surface area contributed by atoms with E-state index in [0.29, 0.717) is 28.2 Å². The van der Waals surface area contributed by atoms with Crippen LogP contribution < -0.4 is 15.2 Å². The van der Waals surface area contributed by atoms with Crippen molar-refractivity contribution in [2.45, 2.75) is 13.0 Å². The van der Waals surface area contributed by atoms with Gasteiger partial charge < -0.3 is 9.72 Å². The molecule has 1 aromatic heterocycles. The van der Waals surface area contributed by atoms with E-state index in [1.165, 1.54) is 11.0 Å². The molecule has 1 atom stereocenters. The Hall–Kier alpha value is -3.41. The number of para-hydroxylation sites is 1. The van der Waals surface area contributed by atoms with Gasteiger partial charge in [-0.1, -0.05) is 18.7 Å². The van der Waals surface area contributed by atoms with Crippen molar-refractivity contribution < 1.29 is 9.53 Å². The number of fused-ring (bicyclic) bond motifs is 1. The quantitative estimate of drug-likeness (QED) is 0.718. The highest BCUT2D eigenvalue weighted by atomic mass is 16.5. The minimum Gasteiger partial charge on any atom is -0.497 e. The number of carbonyl (C=O) groups excluding carboxylic acids is 1. The van der Waals surface area contributed by atoms with Crippen molar-refractivity contribution in [2.75, 3.05) is 12.0 Å². The maximum Gasteiger partial charge on any atom is 0.258 e. The Morgan fingerprint density at radius 2 is 1.92 bits per heavy atom. The minimum absolute atomic E-state index is 0.238. The first-order valence-electron chi connectivity index (χ1n) is 8.13. The Labute approximate surface area is 150 Å². The fraction of sp³-hybridized carbons (Fsp3) is 0.150. The van der Waals surface area contributed by atoms with Crippen LogP contribution >= 0.6 is 0 Å². The molecule has 0 radical (unpaired) electrons. The van der Waals surface area contributed by atoms with Gasteiger partial charge in [0.1, 0.15) is 11.6 Å². The van der Waals surface area contributed by atoms with E-state index in [1.54, 1.807) is 56.5 Å². The van der Waals surface area contributed by atoms with Gasteiger partial charge in [0.15, 0.2) is 0 Å². The highest BCUT2D eigenvalue weighted by molar-refractivity contribution is 6.01. The van der Waals surface area contributed by atoms with Gasteiger partial charge in [-0.2, -0.15) is 0 Å². The molecule has 0 bridgehead atoms. The molecule has 6 nitrogen and oxygen atoms in total. The molecule has 1 heterocycles. The number of amides is 1. The largest absolute Gasteiger partial charge is 0.497 e. The highest BCUT2D eigenvalue weighted by Crippen LogP contribution is 2.27. The Balaban J connectivity index is 2.07. The lowest BCUT2D eigenvalue weighted by atomic mass is 10.1. The molecule has 1 amide bonds. The van der Waals surface area contributed by atoms with Crippen molar-refractivity contribution in [1.82, 2.24) is 9.97 Å². The van der Waals surface area contributed by atoms with Crippen molar-refractivity contribution in [3.05, 3.63) is 77.4 Å². The Morgan fingerprint density at radius 3 is 2.58 bits per heavy atom. The summed E-state index contributed by atoms with van der Waals surface area (Å²) in [6, 6.07) is 13.7. The summed E-state index contributed by atoms with van der Waals surface area (Å²) in [4.78, 5) is 33.7. The molecule has 6 heteroatoms. The van der Waals surface area contributed by atoms with E-state index in [1.807, 2.05) is 6.07 Å². The molecule has 3 rings (SSSR count). The maximum absolute atomic E-state index is 12.5. The summed E-state index contributed by atoms with van der Waals surface area (Å²) in [6.07, 6.45) is 1.24. The molecule has 26 heavy (non-hydrogen) atoms. The summed E-state index contributed by atoms with van der Waals surface area (Å²) in [6.45, 7) is 5.38. The summed E-state index contributed by atoms with van der Waals surface area (Å²) in [5, 5.41) is 0.509. The third-order valence-electron chi connectivity index (χ3n) is 4.18. The molecule has 3 aromatic rings. The summed E-state index contributed by atoms with van der Waals surface area (Å²) < 4.78 is 5.16. The first-order valence-corrected chi connectivity index (χ1v) is 8.13. The standard InChI is InChI=1S/C20H19N3O3/c1-4-18(24)23(14-9-11-15(26-3)12-10-14)13(2)19-21-17-8-6-5-7-16(17)20(25)22-19/h4-13H,1H2,2-3H3,(H,21,22,25). The van der Waals surface area contributed by atoms with Crippen LogP contribution in [0.25, 0.3) is 10.9 Å². The Morgan fingerprint density at radius 1 is 1.23 bits per heavy atom. The van der Waals surface area contributed by atoms with Crippen LogP contribution in [0.4, 0.5) is 5.69 Å². The molecule has 132 valence electrons. The number of nitrogens with zero attached hydrogens (tertiary/aromatic N) is 2. The van der Waals surface area contributed by atoms with E-state index in [0.717, 1.165) is 0 Å². The molecule has 1 N–H and O–H groups in total. The number of H-pyrrole nitrogens is 1. The van der Waals surface area contributed by atoms with E-state index < -0.39 is 6.04 Å². The number of hydrogen-bond donors (Lipinski definition) is 1. The first-order chi connectivity index (χ1) is 12.5. The van der Waals surface area contributed by atoms with Crippen molar-refractivity contribution >= 4 is 22.5 Å². The van der Waals surface area contributed by atoms with Crippen molar-refractivity contribution in [3.8, 4) is 5.75 Å². The molecule has 0 saturated heterocycles. The van der Waals surface area contributed by atoms with Gasteiger partial charge in [0.25, 0.3) is 11.5 Å². The fourth-order valence-corrected chi connectivity index (χ4v) is 2.81. The van der Waals surface area contributed by atoms with Gasteiger partial charge >= 0.3 is 0 Å². The van der Waals surface area contributed by atoms with E-state index in [9.17, 15) is 9.59 Å². The normalized spacial score (nSPS) is 11.8. The lowest BCUT2D eigenvalue weighted by Crippen LogP contribution is -2.34. The number of rotatable bonds is 5. The number of benzene rings is 2. The zero-order valence-corrected chi connectivity index (χ0v) is 14.6. The topological polar surface area (TPSA) is 75.3 Å². The Kier molecular flexibility index (Phi) is 4.84. The molecule has 1 unspecified atom stereocenters. The molecule has 0 spiro atoms. The highest BCUT2D eigenvalue weighted by Gasteiger charge is 2.24. The predicted molar refractivity (Wildman–Crippen MR) is 101 cm³/mol. The fourth-order valence-electron chi connectivity index (χ4n) is 2.81. The van der Waals surface area contributed by atoms with Gasteiger partial charge in [0.05, 0.1) is 24.1 Å². The second-order valence-electron chi connectivity index (χ2n) is 5.75. The molecule has 2 aromatic carbocycles. The van der Waals surface area contributed by atoms with Gasteiger partial charge in [-0.05, 0) is 49.4 Å². The molecular formula is C20H19N3O3. The number of aromatic nitrogens is 2. The van der Waals surface area contributed by atoms with Crippen molar-refractivity contribution in [2.24, 2.45) is 0 Å². The average Bonchev–Trinajstić information content (AvgIpc) is 2.68. The lowest BCUT2D eigenvalue weighted by molar-refractivity contribution is -0.114. The molecular weight excluding hydrogens is 330 g/mol. The van der Waals surface area contributed by atoms with Crippen LogP contribution in [-0.2, 0) is 4.79 Å². The van der Waals surface area contributed by atoms with Crippen LogP contribution in [0.3, 0.4) is 0 Å². The minimum atomic E-state index is -0.494. The number of anilines is 1. The van der Waals surface area contributed by atoms with Crippen molar-refractivity contribution in [3.63, 3.8) is 0 Å². The van der Waals surface area contributed by atoms with Gasteiger partial charge in [-0.3, -0.25) is 14.5 Å². The summed E-state index contributed by atoms with van der Waals surface area (Å²) in [5.74, 6) is 0.794. The zero-order chi connectivity index (χ0) is 18.7. The van der Waals surface area contributed by atoms with Gasteiger partial charge in [0, 0.05) is 5.69 Å². The third kappa shape index (κ3) is 3.21. The van der Waals surface area contributed by atoms with Gasteiger partial charge in [0.2, 0.25) is 0 Å². The van der Waals surface area contributed by atoms with E-state index >= 15 is 0 Å². The van der Waals surface area contributed by atoms with Crippen LogP contribution in [0, 0.1) is 0 Å². The molecule has 0 aliphatic rings. The van der Waals surface area contributed by atoms with Crippen LogP contribution in [0.15, 0.2) is 66.0 Å². The molecule has 0 saturated carbocycles. The lowest BCUT2D eigenvalue weighted by Gasteiger charge is -2.28. The number of ether oxygens (including phenoxy) is 1. The predicted octanol–water partition coefficient (Wildman–Crippen LogP) is 3.21. The summed E-state index contributed by atoms with van der Waals surface area (Å²) in [5.41, 5.74) is 0.996. The SMILES string of the molecule is C=CC(=O)N(c1ccc(OC)cc1)C(C)c1nc2ccccc2c(=O)[nH]1. The third-order valence-corrected chi connectivity index (χ3v) is 4.18. The number of carbonyl (C=O) groups is 1. The van der Waals surface area contributed by atoms with E-state index in [2.05, 4.69) is 16.5 Å². The van der Waals surface area contributed by atoms with Crippen LogP contribution in [-0.4, -0.2) is 23.0 Å². The zero-order valence-electron chi connectivity index (χ0n) is 14.6. The summed E-state index contributed by atoms with van der Waals surface area (Å²) in [7, 11) is 1.58. The smallest absolute Gasteiger partial charge is 0.258 e. The van der Waals surface area contributed by atoms with Gasteiger partial charge in [-0.15, -0.1) is 0 Å². The summed E-state index contributed by atoms with van der Waals surface area (Å²) >= 11 is 0. The van der Waals surface area contributed by atoms with Crippen LogP contribution in [0.1, 0.15) is 18.8 Å². The maximum atomic E-state index is 12.5. The Bertz CT molecular complexity index is 1010. The second-order valence-corrected chi connectivity index (χ2v) is 5.75. The number of nitrogens with one attached hydrogen (secondary N) is 1. The number of aromatic amines is 1. The second kappa shape index (κ2) is 7.23. The monoisotopic (exact) mass is 349 g/mol. The molecule has 0 fully saturated rings. The number of methoxy groups -OCH3 is 1. The van der Waals surface area contributed by atoms with E-state index in [-0.39, 0.29) is 11.5 Å². The molecule has 0 aliphatic carbocycles. The van der Waals surface area contributed by atoms with Crippen LogP contribution in [0.2, 0.25) is 0 Å². The van der Waals surface area contributed by atoms with Crippen molar-refractivity contribution in [1.29, 1.82) is 0 Å². The average molecular weight is 349 g/mol. The van der Waals surface area contributed by atoms with E-state index in [4.69, 9.17) is 4.74 Å². The molecule has 0 aliphatic heterocycles. The first kappa shape index (κ1) is 17.4. The number of hydrogen-bond acceptors (Lipinski definition) is 4. The van der Waals surface area contributed by atoms with Gasteiger partial charge in [-0.25, -0.2) is 4.98 Å². The van der Waals surface area contributed by atoms with Crippen LogP contribution in [0.5, 0.6) is 5.75 Å².